The van der Waals surface area contributed by atoms with Crippen molar-refractivity contribution in [1.82, 2.24) is 0 Å². The van der Waals surface area contributed by atoms with Gasteiger partial charge in [0.15, 0.2) is 17.4 Å². The van der Waals surface area contributed by atoms with Crippen molar-refractivity contribution in [2.45, 2.75) is 0 Å². The van der Waals surface area contributed by atoms with Gasteiger partial charge in [0, 0.05) is 19.5 Å². The first-order valence-corrected chi connectivity index (χ1v) is 2.68. The molecule has 0 saturated carbocycles. The van der Waals surface area contributed by atoms with E-state index in [4.69, 9.17) is 19.2 Å². The molecule has 0 radical (unpaired) electrons. The maximum atomic E-state index is 7.33. The monoisotopic (exact) mass is 330 g/mol. The van der Waals surface area contributed by atoms with Crippen LogP contribution in [0.4, 0.5) is 4.70 Å². The smallest absolute Gasteiger partial charge is 1.00 e. The fourth-order valence-electron chi connectivity index (χ4n) is 0. The van der Waals surface area contributed by atoms with Gasteiger partial charge in [-0.3, -0.25) is 4.70 Å². The third-order valence-corrected chi connectivity index (χ3v) is 0. The number of halogens is 2. The zero-order valence-corrected chi connectivity index (χ0v) is 13.6. The van der Waals surface area contributed by atoms with Gasteiger partial charge in [0.1, 0.15) is 0 Å². The van der Waals surface area contributed by atoms with E-state index < -0.39 is 9.05 Å². The molecule has 10 heavy (non-hydrogen) atoms. The molecule has 0 aliphatic carbocycles. The van der Waals surface area contributed by atoms with Gasteiger partial charge >= 0.3 is 60.4 Å². The third kappa shape index (κ3) is 112. The molecule has 0 spiro atoms. The van der Waals surface area contributed by atoms with E-state index in [0.717, 1.165) is 0 Å². The van der Waals surface area contributed by atoms with Gasteiger partial charge in [-0.05, 0) is 0 Å². The van der Waals surface area contributed by atoms with Gasteiger partial charge in [-0.15, -0.1) is 17.0 Å². The molecule has 0 aromatic carbocycles. The third-order valence-electron chi connectivity index (χ3n) is 0. The van der Waals surface area contributed by atoms with Crippen molar-refractivity contribution >= 4 is 43.4 Å². The Morgan fingerprint density at radius 2 is 1.00 bits per heavy atom. The Morgan fingerprint density at radius 3 is 1.00 bits per heavy atom. The molecule has 4 N–H and O–H groups in total. The van der Waals surface area contributed by atoms with Crippen molar-refractivity contribution in [1.29, 1.82) is 0 Å². The molecule has 0 fully saturated rings. The molecule has 0 aliphatic heterocycles. The van der Waals surface area contributed by atoms with Crippen LogP contribution in [0, 0.1) is 0 Å². The van der Waals surface area contributed by atoms with E-state index in [9.17, 15) is 0 Å². The maximum Gasteiger partial charge on any atom is 1.00 e. The Bertz CT molecular complexity index is 45.6. The summed E-state index contributed by atoms with van der Waals surface area (Å²) in [5, 5.41) is 0. The molecule has 10 heteroatoms. The fourth-order valence-corrected chi connectivity index (χ4v) is 0. The predicted octanol–water partition coefficient (Wildman–Crippen LogP) is -5.95. The van der Waals surface area contributed by atoms with E-state index in [1.165, 1.54) is 0 Å². The molecule has 0 saturated heterocycles. The first-order valence-electron chi connectivity index (χ1n) is 0.894. The minimum atomic E-state index is -4.61. The summed E-state index contributed by atoms with van der Waals surface area (Å²) in [5.41, 5.74) is 0. The zero-order valence-electron chi connectivity index (χ0n) is 5.81. The van der Waals surface area contributed by atoms with Crippen LogP contribution in [0.5, 0.6) is 0 Å². The molecule has 0 heterocycles. The molecule has 0 rings (SSSR count). The number of hydrogen-bond acceptors (Lipinski definition) is 4. The van der Waals surface area contributed by atoms with Gasteiger partial charge in [-0.2, -0.15) is 0 Å². The molecule has 58 valence electrons. The Kier molecular flexibility index (Phi) is 68.5. The first-order chi connectivity index (χ1) is 2.00. The second-order valence-corrected chi connectivity index (χ2v) is 1.80. The van der Waals surface area contributed by atoms with Crippen LogP contribution >= 0.6 is 17.0 Å². The topological polar surface area (TPSA) is 80.9 Å². The Hall–Kier alpha value is 3.26. The van der Waals surface area contributed by atoms with Crippen molar-refractivity contribution in [3.05, 3.63) is 0 Å². The van der Waals surface area contributed by atoms with Gasteiger partial charge in [0.2, 0.25) is 0 Å². The molecule has 0 aromatic rings. The van der Waals surface area contributed by atoms with Crippen molar-refractivity contribution < 1.29 is 96.2 Å². The van der Waals surface area contributed by atoms with Crippen LogP contribution in [0.1, 0.15) is 1.43 Å². The molecule has 0 atom stereocenters. The summed E-state index contributed by atoms with van der Waals surface area (Å²) in [6, 6.07) is 0. The van der Waals surface area contributed by atoms with Crippen LogP contribution in [0.2, 0.25) is 0 Å². The van der Waals surface area contributed by atoms with Crippen LogP contribution in [-0.4, -0.2) is 45.6 Å². The van der Waals surface area contributed by atoms with Crippen LogP contribution in [0.15, 0.2) is 0 Å². The molecule has 4 nitrogen and oxygen atoms in total. The summed E-state index contributed by atoms with van der Waals surface area (Å²) in [6.07, 6.45) is 0. The molecular formula is H10AlBrFKO4SiZn. The molecular weight excluding hydrogens is 322 g/mol. The average molecular weight is 333 g/mol. The minimum Gasteiger partial charge on any atom is -1.00 e. The van der Waals surface area contributed by atoms with Crippen molar-refractivity contribution in [3.8, 4) is 0 Å². The van der Waals surface area contributed by atoms with E-state index in [1.807, 2.05) is 0 Å². The second-order valence-electron chi connectivity index (χ2n) is 0.600. The summed E-state index contributed by atoms with van der Waals surface area (Å²) in [4.78, 5) is 29.3. The Morgan fingerprint density at radius 1 is 1.00 bits per heavy atom. The van der Waals surface area contributed by atoms with Gasteiger partial charge in [-0.1, -0.05) is 0 Å². The quantitative estimate of drug-likeness (QED) is 0.333. The number of hydrogen-bond donors (Lipinski definition) is 4. The van der Waals surface area contributed by atoms with E-state index in [2.05, 4.69) is 0 Å². The summed E-state index contributed by atoms with van der Waals surface area (Å²) in [6.45, 7) is 0. The molecule has 0 aromatic heterocycles. The van der Waals surface area contributed by atoms with E-state index in [1.54, 1.807) is 0 Å². The predicted molar refractivity (Wildman–Crippen MR) is 38.5 cm³/mol. The second kappa shape index (κ2) is 18.1. The fraction of sp³-hybridized carbons (Fsp3) is 0. The van der Waals surface area contributed by atoms with Gasteiger partial charge in [0.05, 0.1) is 0 Å². The van der Waals surface area contributed by atoms with E-state index >= 15 is 0 Å². The van der Waals surface area contributed by atoms with Gasteiger partial charge in [-0.25, -0.2) is 0 Å². The van der Waals surface area contributed by atoms with Crippen LogP contribution in [0.3, 0.4) is 0 Å². The summed E-state index contributed by atoms with van der Waals surface area (Å²) in [5.74, 6) is 0. The molecule has 0 amide bonds. The van der Waals surface area contributed by atoms with Crippen molar-refractivity contribution in [2.24, 2.45) is 0 Å². The minimum absolute atomic E-state index is 0. The van der Waals surface area contributed by atoms with E-state index in [0.29, 0.717) is 0 Å². The summed E-state index contributed by atoms with van der Waals surface area (Å²) < 4.78 is 0. The summed E-state index contributed by atoms with van der Waals surface area (Å²) >= 11 is 0. The molecule has 0 aliphatic rings. The molecule has 0 bridgehead atoms. The maximum absolute atomic E-state index is 7.33. The summed E-state index contributed by atoms with van der Waals surface area (Å²) in [7, 11) is -4.61. The molecule has 0 unspecified atom stereocenters. The Labute approximate surface area is 137 Å². The largest absolute Gasteiger partial charge is 1.00 e. The van der Waals surface area contributed by atoms with Gasteiger partial charge in [0.25, 0.3) is 0 Å². The Balaban J connectivity index is -0.00000000533. The van der Waals surface area contributed by atoms with Crippen molar-refractivity contribution in [3.63, 3.8) is 0 Å². The van der Waals surface area contributed by atoms with Crippen LogP contribution in [0.25, 0.3) is 0 Å². The van der Waals surface area contributed by atoms with Crippen LogP contribution < -0.4 is 51.4 Å². The SMILES string of the molecule is Br.F.O[Si](O)(O)O.[AlH3].[H-].[K+].[Zn]. The van der Waals surface area contributed by atoms with Crippen molar-refractivity contribution in [2.75, 3.05) is 0 Å². The zero-order chi connectivity index (χ0) is 4.50. The average Bonchev–Trinajstić information content (AvgIpc) is 0.722. The first kappa shape index (κ1) is 37.8. The van der Waals surface area contributed by atoms with E-state index in [-0.39, 0.29) is 111 Å². The van der Waals surface area contributed by atoms with Crippen LogP contribution in [-0.2, 0) is 19.5 Å². The van der Waals surface area contributed by atoms with Gasteiger partial charge < -0.3 is 20.6 Å². The standard InChI is InChI=1S/Al.BrH.FH.K.H4O4Si.Zn.4H/c;;;;1-5(2,3)4;;;;;/h;2*1H;;1-4H;;;;;/q;;;+1;;;;;;-1. The normalized spacial score (nSPS) is 6.00. The number of rotatable bonds is 0.